The third-order valence-corrected chi connectivity index (χ3v) is 5.04. The molecular formula is C21H30IN5. The zero-order chi connectivity index (χ0) is 18.4. The van der Waals surface area contributed by atoms with Crippen molar-refractivity contribution in [2.45, 2.75) is 38.8 Å². The molecule has 0 saturated heterocycles. The van der Waals surface area contributed by atoms with Crippen molar-refractivity contribution in [2.75, 3.05) is 19.6 Å². The molecule has 1 aromatic heterocycles. The van der Waals surface area contributed by atoms with Crippen LogP contribution in [0.3, 0.4) is 0 Å². The lowest BCUT2D eigenvalue weighted by molar-refractivity contribution is 0.112. The average Bonchev–Trinajstić information content (AvgIpc) is 2.67. The Morgan fingerprint density at radius 3 is 2.67 bits per heavy atom. The highest BCUT2D eigenvalue weighted by atomic mass is 127. The van der Waals surface area contributed by atoms with E-state index in [0.717, 1.165) is 38.2 Å². The second kappa shape index (κ2) is 10.0. The number of aliphatic imine (C=N–C) groups is 1. The number of hydrogen-bond acceptors (Lipinski definition) is 3. The van der Waals surface area contributed by atoms with Crippen molar-refractivity contribution < 1.29 is 0 Å². The third kappa shape index (κ3) is 6.17. The highest BCUT2D eigenvalue weighted by Gasteiger charge is 2.29. The summed E-state index contributed by atoms with van der Waals surface area (Å²) < 4.78 is 0. The highest BCUT2D eigenvalue weighted by Crippen LogP contribution is 2.25. The number of nitrogens with two attached hydrogens (primary N) is 1. The van der Waals surface area contributed by atoms with Crippen LogP contribution in [0.4, 0.5) is 0 Å². The summed E-state index contributed by atoms with van der Waals surface area (Å²) in [5, 5.41) is 3.19. The van der Waals surface area contributed by atoms with Gasteiger partial charge in [0.25, 0.3) is 0 Å². The van der Waals surface area contributed by atoms with Crippen molar-refractivity contribution in [1.82, 2.24) is 15.2 Å². The summed E-state index contributed by atoms with van der Waals surface area (Å²) in [5.41, 5.74) is 9.98. The Balaban J connectivity index is 0.00000261. The van der Waals surface area contributed by atoms with Crippen LogP contribution < -0.4 is 11.1 Å². The van der Waals surface area contributed by atoms with E-state index in [0.29, 0.717) is 12.5 Å². The zero-order valence-electron chi connectivity index (χ0n) is 16.2. The van der Waals surface area contributed by atoms with Crippen LogP contribution in [0.1, 0.15) is 30.7 Å². The van der Waals surface area contributed by atoms with Gasteiger partial charge in [-0.3, -0.25) is 14.9 Å². The van der Waals surface area contributed by atoms with E-state index in [4.69, 9.17) is 5.73 Å². The molecule has 1 aromatic carbocycles. The predicted octanol–water partition coefficient (Wildman–Crippen LogP) is 2.98. The van der Waals surface area contributed by atoms with Gasteiger partial charge >= 0.3 is 0 Å². The zero-order valence-corrected chi connectivity index (χ0v) is 18.5. The van der Waals surface area contributed by atoms with E-state index in [1.165, 1.54) is 11.1 Å². The molecule has 0 saturated carbocycles. The molecule has 146 valence electrons. The van der Waals surface area contributed by atoms with E-state index in [1.807, 2.05) is 24.4 Å². The standard InChI is InChI=1S/C21H29N5.HI/c1-21(2,26-14-11-17-7-3-4-8-18(17)15-26)16-25-20(22)24-13-10-19-9-5-6-12-23-19;/h3-9,12H,10-11,13-16H2,1-2H3,(H3,22,24,25);1H. The topological polar surface area (TPSA) is 66.5 Å². The SMILES string of the molecule is CC(C)(CN=C(N)NCCc1ccccn1)N1CCc2ccccc2C1.I. The minimum Gasteiger partial charge on any atom is -0.370 e. The maximum atomic E-state index is 6.05. The van der Waals surface area contributed by atoms with Crippen LogP contribution in [-0.4, -0.2) is 41.0 Å². The van der Waals surface area contributed by atoms with Crippen molar-refractivity contribution >= 4 is 29.9 Å². The van der Waals surface area contributed by atoms with Gasteiger partial charge in [-0.15, -0.1) is 24.0 Å². The van der Waals surface area contributed by atoms with Gasteiger partial charge in [0.1, 0.15) is 0 Å². The third-order valence-electron chi connectivity index (χ3n) is 5.04. The molecule has 3 rings (SSSR count). The van der Waals surface area contributed by atoms with Gasteiger partial charge in [0.2, 0.25) is 0 Å². The molecule has 5 nitrogen and oxygen atoms in total. The number of benzene rings is 1. The van der Waals surface area contributed by atoms with E-state index in [2.05, 4.69) is 58.3 Å². The maximum absolute atomic E-state index is 6.05. The minimum absolute atomic E-state index is 0. The Morgan fingerprint density at radius 1 is 1.19 bits per heavy atom. The molecule has 0 fully saturated rings. The van der Waals surface area contributed by atoms with Crippen LogP contribution in [0.2, 0.25) is 0 Å². The summed E-state index contributed by atoms with van der Waals surface area (Å²) >= 11 is 0. The second-order valence-corrected chi connectivity index (χ2v) is 7.45. The van der Waals surface area contributed by atoms with Crippen LogP contribution in [-0.2, 0) is 19.4 Å². The van der Waals surface area contributed by atoms with Crippen molar-refractivity contribution in [3.8, 4) is 0 Å². The lowest BCUT2D eigenvalue weighted by Crippen LogP contribution is -2.49. The van der Waals surface area contributed by atoms with Gasteiger partial charge in [0, 0.05) is 43.5 Å². The van der Waals surface area contributed by atoms with Crippen LogP contribution in [0.15, 0.2) is 53.7 Å². The van der Waals surface area contributed by atoms with Crippen molar-refractivity contribution in [2.24, 2.45) is 10.7 Å². The maximum Gasteiger partial charge on any atom is 0.188 e. The van der Waals surface area contributed by atoms with Gasteiger partial charge in [-0.05, 0) is 43.5 Å². The number of halogens is 1. The van der Waals surface area contributed by atoms with Gasteiger partial charge in [0.15, 0.2) is 5.96 Å². The largest absolute Gasteiger partial charge is 0.370 e. The average molecular weight is 479 g/mol. The molecule has 27 heavy (non-hydrogen) atoms. The normalized spacial score (nSPS) is 15.0. The molecule has 1 aliphatic heterocycles. The van der Waals surface area contributed by atoms with Gasteiger partial charge in [-0.1, -0.05) is 30.3 Å². The number of pyridine rings is 1. The predicted molar refractivity (Wildman–Crippen MR) is 122 cm³/mol. The van der Waals surface area contributed by atoms with Crippen molar-refractivity contribution in [3.05, 3.63) is 65.5 Å². The molecule has 0 bridgehead atoms. The molecule has 1 aliphatic rings. The Hall–Kier alpha value is -1.67. The number of rotatable bonds is 6. The molecule has 3 N–H and O–H groups in total. The lowest BCUT2D eigenvalue weighted by atomic mass is 9.94. The Bertz CT molecular complexity index is 745. The molecule has 2 aromatic rings. The fourth-order valence-electron chi connectivity index (χ4n) is 3.31. The van der Waals surface area contributed by atoms with Gasteiger partial charge < -0.3 is 11.1 Å². The van der Waals surface area contributed by atoms with E-state index >= 15 is 0 Å². The second-order valence-electron chi connectivity index (χ2n) is 7.45. The van der Waals surface area contributed by atoms with E-state index in [1.54, 1.807) is 0 Å². The van der Waals surface area contributed by atoms with E-state index in [-0.39, 0.29) is 29.5 Å². The molecule has 0 atom stereocenters. The van der Waals surface area contributed by atoms with Crippen LogP contribution in [0.5, 0.6) is 0 Å². The number of nitrogens with zero attached hydrogens (tertiary/aromatic N) is 3. The number of hydrogen-bond donors (Lipinski definition) is 2. The summed E-state index contributed by atoms with van der Waals surface area (Å²) in [6.07, 6.45) is 3.75. The summed E-state index contributed by atoms with van der Waals surface area (Å²) in [7, 11) is 0. The van der Waals surface area contributed by atoms with Crippen molar-refractivity contribution in [3.63, 3.8) is 0 Å². The Morgan fingerprint density at radius 2 is 1.93 bits per heavy atom. The highest BCUT2D eigenvalue weighted by molar-refractivity contribution is 14.0. The van der Waals surface area contributed by atoms with Gasteiger partial charge in [-0.2, -0.15) is 0 Å². The first kappa shape index (κ1) is 21.6. The monoisotopic (exact) mass is 479 g/mol. The molecule has 0 amide bonds. The number of fused-ring (bicyclic) bond motifs is 1. The van der Waals surface area contributed by atoms with Crippen LogP contribution in [0.25, 0.3) is 0 Å². The van der Waals surface area contributed by atoms with Crippen molar-refractivity contribution in [1.29, 1.82) is 0 Å². The molecule has 0 unspecified atom stereocenters. The fraction of sp³-hybridized carbons (Fsp3) is 0.429. The molecular weight excluding hydrogens is 449 g/mol. The number of aromatic nitrogens is 1. The van der Waals surface area contributed by atoms with Gasteiger partial charge in [-0.25, -0.2) is 0 Å². The Kier molecular flexibility index (Phi) is 8.04. The Labute approximate surface area is 179 Å². The minimum atomic E-state index is -0.0270. The lowest BCUT2D eigenvalue weighted by Gasteiger charge is -2.40. The smallest absolute Gasteiger partial charge is 0.188 e. The molecule has 0 spiro atoms. The first-order chi connectivity index (χ1) is 12.5. The summed E-state index contributed by atoms with van der Waals surface area (Å²) in [5.74, 6) is 0.506. The van der Waals surface area contributed by atoms with E-state index < -0.39 is 0 Å². The first-order valence-electron chi connectivity index (χ1n) is 9.30. The van der Waals surface area contributed by atoms with Crippen LogP contribution in [0, 0.1) is 0 Å². The molecule has 2 heterocycles. The fourth-order valence-corrected chi connectivity index (χ4v) is 3.31. The summed E-state index contributed by atoms with van der Waals surface area (Å²) in [6.45, 7) is 7.94. The molecule has 6 heteroatoms. The number of nitrogens with one attached hydrogen (secondary N) is 1. The molecule has 0 radical (unpaired) electrons. The van der Waals surface area contributed by atoms with E-state index in [9.17, 15) is 0 Å². The quantitative estimate of drug-likeness (QED) is 0.380. The molecule has 0 aliphatic carbocycles. The summed E-state index contributed by atoms with van der Waals surface area (Å²) in [4.78, 5) is 11.4. The summed E-state index contributed by atoms with van der Waals surface area (Å²) in [6, 6.07) is 14.7. The number of guanidine groups is 1. The first-order valence-corrected chi connectivity index (χ1v) is 9.30. The van der Waals surface area contributed by atoms with Crippen LogP contribution >= 0.6 is 24.0 Å². The van der Waals surface area contributed by atoms with Gasteiger partial charge in [0.05, 0.1) is 6.54 Å².